The number of nitrogens with one attached hydrogen (secondary N) is 1. The summed E-state index contributed by atoms with van der Waals surface area (Å²) in [4.78, 5) is 11.3. The Kier molecular flexibility index (Phi) is 6.10. The van der Waals surface area contributed by atoms with E-state index in [0.29, 0.717) is 13.2 Å². The Morgan fingerprint density at radius 3 is 2.59 bits per heavy atom. The van der Waals surface area contributed by atoms with Crippen molar-refractivity contribution < 1.29 is 14.3 Å². The van der Waals surface area contributed by atoms with Gasteiger partial charge < -0.3 is 14.8 Å². The van der Waals surface area contributed by atoms with Gasteiger partial charge >= 0.3 is 6.09 Å². The standard InChI is InChI=1S/C13H19NO3/c1-11(2)16-8-9-17-13(15)14-10-12-6-4-3-5-7-12/h3-7,11H,8-10H2,1-2H3,(H,14,15). The molecule has 1 aromatic carbocycles. The molecule has 4 heteroatoms. The van der Waals surface area contributed by atoms with E-state index in [-0.39, 0.29) is 12.7 Å². The Bertz CT molecular complexity index is 325. The molecule has 94 valence electrons. The summed E-state index contributed by atoms with van der Waals surface area (Å²) in [6.07, 6.45) is -0.257. The van der Waals surface area contributed by atoms with Crippen molar-refractivity contribution in [1.82, 2.24) is 5.32 Å². The van der Waals surface area contributed by atoms with Gasteiger partial charge in [0.05, 0.1) is 12.7 Å². The van der Waals surface area contributed by atoms with Crippen LogP contribution in [0.1, 0.15) is 19.4 Å². The molecule has 0 aliphatic heterocycles. The minimum Gasteiger partial charge on any atom is -0.447 e. The van der Waals surface area contributed by atoms with Gasteiger partial charge in [0, 0.05) is 6.54 Å². The van der Waals surface area contributed by atoms with Crippen molar-refractivity contribution in [3.05, 3.63) is 35.9 Å². The smallest absolute Gasteiger partial charge is 0.407 e. The Morgan fingerprint density at radius 1 is 1.24 bits per heavy atom. The fourth-order valence-electron chi connectivity index (χ4n) is 1.24. The van der Waals surface area contributed by atoms with Crippen LogP contribution < -0.4 is 5.32 Å². The van der Waals surface area contributed by atoms with Crippen LogP contribution in [0.5, 0.6) is 0 Å². The van der Waals surface area contributed by atoms with Gasteiger partial charge in [0.2, 0.25) is 0 Å². The molecule has 1 amide bonds. The fourth-order valence-corrected chi connectivity index (χ4v) is 1.24. The zero-order valence-corrected chi connectivity index (χ0v) is 10.3. The van der Waals surface area contributed by atoms with E-state index < -0.39 is 6.09 Å². The number of benzene rings is 1. The van der Waals surface area contributed by atoms with E-state index in [1.807, 2.05) is 44.2 Å². The van der Waals surface area contributed by atoms with Crippen molar-refractivity contribution in [2.75, 3.05) is 13.2 Å². The van der Waals surface area contributed by atoms with Gasteiger partial charge in [0.1, 0.15) is 6.61 Å². The zero-order chi connectivity index (χ0) is 12.5. The molecule has 0 aliphatic carbocycles. The van der Waals surface area contributed by atoms with Crippen molar-refractivity contribution in [2.24, 2.45) is 0 Å². The van der Waals surface area contributed by atoms with E-state index in [2.05, 4.69) is 5.32 Å². The Labute approximate surface area is 102 Å². The molecule has 17 heavy (non-hydrogen) atoms. The van der Waals surface area contributed by atoms with Gasteiger partial charge in [-0.15, -0.1) is 0 Å². The van der Waals surface area contributed by atoms with Gasteiger partial charge in [-0.3, -0.25) is 0 Å². The monoisotopic (exact) mass is 237 g/mol. The number of ether oxygens (including phenoxy) is 2. The van der Waals surface area contributed by atoms with Gasteiger partial charge in [-0.1, -0.05) is 30.3 Å². The average molecular weight is 237 g/mol. The molecule has 0 radical (unpaired) electrons. The van der Waals surface area contributed by atoms with Crippen LogP contribution >= 0.6 is 0 Å². The quantitative estimate of drug-likeness (QED) is 0.772. The summed E-state index contributed by atoms with van der Waals surface area (Å²) in [6.45, 7) is 5.06. The first-order chi connectivity index (χ1) is 8.18. The highest BCUT2D eigenvalue weighted by Gasteiger charge is 2.01. The Morgan fingerprint density at radius 2 is 1.94 bits per heavy atom. The van der Waals surface area contributed by atoms with Crippen molar-refractivity contribution in [3.8, 4) is 0 Å². The molecule has 0 saturated carbocycles. The summed E-state index contributed by atoms with van der Waals surface area (Å²) in [6, 6.07) is 9.69. The topological polar surface area (TPSA) is 47.6 Å². The third-order valence-electron chi connectivity index (χ3n) is 2.05. The number of hydrogen-bond acceptors (Lipinski definition) is 3. The summed E-state index contributed by atoms with van der Waals surface area (Å²) >= 11 is 0. The second-order valence-corrected chi connectivity index (χ2v) is 3.89. The number of carbonyl (C=O) groups is 1. The van der Waals surface area contributed by atoms with Crippen molar-refractivity contribution >= 4 is 6.09 Å². The molecule has 0 fully saturated rings. The molecule has 0 saturated heterocycles. The van der Waals surface area contributed by atoms with Gasteiger partial charge in [0.15, 0.2) is 0 Å². The van der Waals surface area contributed by atoms with E-state index in [9.17, 15) is 4.79 Å². The van der Waals surface area contributed by atoms with Crippen LogP contribution in [0.3, 0.4) is 0 Å². The number of rotatable bonds is 6. The predicted octanol–water partition coefficient (Wildman–Crippen LogP) is 2.34. The van der Waals surface area contributed by atoms with Crippen LogP contribution in [0.2, 0.25) is 0 Å². The molecular formula is C13H19NO3. The molecule has 0 aromatic heterocycles. The molecule has 0 aliphatic rings. The summed E-state index contributed by atoms with van der Waals surface area (Å²) in [7, 11) is 0. The third-order valence-corrected chi connectivity index (χ3v) is 2.05. The van der Waals surface area contributed by atoms with Crippen LogP contribution in [-0.2, 0) is 16.0 Å². The highest BCUT2D eigenvalue weighted by atomic mass is 16.6. The summed E-state index contributed by atoms with van der Waals surface area (Å²) in [5.74, 6) is 0. The second kappa shape index (κ2) is 7.68. The molecule has 1 rings (SSSR count). The van der Waals surface area contributed by atoms with Crippen molar-refractivity contribution in [1.29, 1.82) is 0 Å². The molecule has 4 nitrogen and oxygen atoms in total. The molecule has 0 unspecified atom stereocenters. The van der Waals surface area contributed by atoms with Crippen molar-refractivity contribution in [3.63, 3.8) is 0 Å². The normalized spacial score (nSPS) is 10.3. The maximum atomic E-state index is 11.3. The summed E-state index contributed by atoms with van der Waals surface area (Å²) in [5.41, 5.74) is 1.04. The Hall–Kier alpha value is -1.55. The van der Waals surface area contributed by atoms with Gasteiger partial charge in [-0.25, -0.2) is 4.79 Å². The molecule has 1 aromatic rings. The number of carbonyl (C=O) groups excluding carboxylic acids is 1. The van der Waals surface area contributed by atoms with Crippen molar-refractivity contribution in [2.45, 2.75) is 26.5 Å². The highest BCUT2D eigenvalue weighted by molar-refractivity contribution is 5.67. The maximum Gasteiger partial charge on any atom is 0.407 e. The van der Waals surface area contributed by atoms with E-state index in [1.165, 1.54) is 0 Å². The molecule has 0 bridgehead atoms. The lowest BCUT2D eigenvalue weighted by Gasteiger charge is -2.09. The SMILES string of the molecule is CC(C)OCCOC(=O)NCc1ccccc1. The number of amides is 1. The molecule has 0 atom stereocenters. The first-order valence-electron chi connectivity index (χ1n) is 5.74. The Balaban J connectivity index is 2.09. The molecular weight excluding hydrogens is 218 g/mol. The van der Waals surface area contributed by atoms with Crippen LogP contribution in [0.4, 0.5) is 4.79 Å². The first kappa shape index (κ1) is 13.5. The van der Waals surface area contributed by atoms with Gasteiger partial charge in [-0.05, 0) is 19.4 Å². The van der Waals surface area contributed by atoms with E-state index in [1.54, 1.807) is 0 Å². The minimum atomic E-state index is -0.416. The average Bonchev–Trinajstić information content (AvgIpc) is 2.33. The van der Waals surface area contributed by atoms with Crippen LogP contribution in [0.15, 0.2) is 30.3 Å². The van der Waals surface area contributed by atoms with Crippen LogP contribution in [-0.4, -0.2) is 25.4 Å². The molecule has 0 heterocycles. The third kappa shape index (κ3) is 6.58. The minimum absolute atomic E-state index is 0.158. The second-order valence-electron chi connectivity index (χ2n) is 3.89. The fraction of sp³-hybridized carbons (Fsp3) is 0.462. The van der Waals surface area contributed by atoms with Gasteiger partial charge in [-0.2, -0.15) is 0 Å². The number of hydrogen-bond donors (Lipinski definition) is 1. The lowest BCUT2D eigenvalue weighted by molar-refractivity contribution is 0.0394. The highest BCUT2D eigenvalue weighted by Crippen LogP contribution is 1.97. The van der Waals surface area contributed by atoms with Gasteiger partial charge in [0.25, 0.3) is 0 Å². The predicted molar refractivity (Wildman–Crippen MR) is 65.7 cm³/mol. The summed E-state index contributed by atoms with van der Waals surface area (Å²) < 4.78 is 10.2. The van der Waals surface area contributed by atoms with Crippen LogP contribution in [0.25, 0.3) is 0 Å². The zero-order valence-electron chi connectivity index (χ0n) is 10.3. The van der Waals surface area contributed by atoms with Crippen LogP contribution in [0, 0.1) is 0 Å². The lowest BCUT2D eigenvalue weighted by atomic mass is 10.2. The molecule has 1 N–H and O–H groups in total. The maximum absolute atomic E-state index is 11.3. The number of alkyl carbamates (subject to hydrolysis) is 1. The summed E-state index contributed by atoms with van der Waals surface area (Å²) in [5, 5.41) is 2.67. The van der Waals surface area contributed by atoms with E-state index in [0.717, 1.165) is 5.56 Å². The first-order valence-corrected chi connectivity index (χ1v) is 5.74. The molecule has 0 spiro atoms. The largest absolute Gasteiger partial charge is 0.447 e. The van der Waals surface area contributed by atoms with E-state index >= 15 is 0 Å². The van der Waals surface area contributed by atoms with E-state index in [4.69, 9.17) is 9.47 Å². The lowest BCUT2D eigenvalue weighted by Crippen LogP contribution is -2.25.